The zero-order chi connectivity index (χ0) is 14.9. The van der Waals surface area contributed by atoms with E-state index in [2.05, 4.69) is 0 Å². The van der Waals surface area contributed by atoms with Gasteiger partial charge in [-0.25, -0.2) is 4.39 Å². The molecule has 0 saturated heterocycles. The summed E-state index contributed by atoms with van der Waals surface area (Å²) in [5.41, 5.74) is -0.382. The highest BCUT2D eigenvalue weighted by Gasteiger charge is 2.45. The van der Waals surface area contributed by atoms with Crippen LogP contribution in [0.1, 0.15) is 43.2 Å². The zero-order valence-electron chi connectivity index (χ0n) is 11.6. The molecule has 1 aliphatic carbocycles. The summed E-state index contributed by atoms with van der Waals surface area (Å²) >= 11 is 6.03. The van der Waals surface area contributed by atoms with Gasteiger partial charge < -0.3 is 9.84 Å². The highest BCUT2D eigenvalue weighted by molar-refractivity contribution is 6.32. The van der Waals surface area contributed by atoms with Crippen LogP contribution in [0.15, 0.2) is 6.07 Å². The molecular formula is C15H18ClFO3. The van der Waals surface area contributed by atoms with Crippen LogP contribution in [0.4, 0.5) is 4.39 Å². The van der Waals surface area contributed by atoms with Crippen LogP contribution in [0.2, 0.25) is 5.02 Å². The second-order valence-corrected chi connectivity index (χ2v) is 5.73. The fraction of sp³-hybridized carbons (Fsp3) is 0.533. The van der Waals surface area contributed by atoms with E-state index in [-0.39, 0.29) is 10.8 Å². The SMILES string of the molecule is COc1c(Cl)cc(F)c(C)c1C1(C(=O)O)CCCCC1. The molecule has 1 fully saturated rings. The Kier molecular flexibility index (Phi) is 4.23. The molecule has 0 spiro atoms. The standard InChI is InChI=1S/C15H18ClFO3/c1-9-11(17)8-10(16)13(20-2)12(9)15(14(18)19)6-4-3-5-7-15/h8H,3-7H2,1-2H3,(H,18,19). The number of hydrogen-bond donors (Lipinski definition) is 1. The Hall–Kier alpha value is -1.29. The first kappa shape index (κ1) is 15.1. The van der Waals surface area contributed by atoms with Crippen LogP contribution in [0.3, 0.4) is 0 Å². The number of carboxylic acids is 1. The second-order valence-electron chi connectivity index (χ2n) is 5.32. The summed E-state index contributed by atoms with van der Waals surface area (Å²) in [5, 5.41) is 9.87. The Bertz CT molecular complexity index is 536. The summed E-state index contributed by atoms with van der Waals surface area (Å²) in [5.74, 6) is -1.13. The lowest BCUT2D eigenvalue weighted by atomic mass is 9.68. The highest BCUT2D eigenvalue weighted by Crippen LogP contribution is 2.47. The lowest BCUT2D eigenvalue weighted by molar-refractivity contribution is -0.145. The molecule has 0 bridgehead atoms. The minimum absolute atomic E-state index is 0.122. The van der Waals surface area contributed by atoms with Crippen molar-refractivity contribution in [3.05, 3.63) is 28.0 Å². The average molecular weight is 301 g/mol. The molecule has 1 saturated carbocycles. The number of ether oxygens (including phenoxy) is 1. The maximum atomic E-state index is 14.0. The Morgan fingerprint density at radius 2 is 2.00 bits per heavy atom. The van der Waals surface area contributed by atoms with E-state index in [9.17, 15) is 14.3 Å². The molecule has 0 aliphatic heterocycles. The van der Waals surface area contributed by atoms with Crippen molar-refractivity contribution in [1.82, 2.24) is 0 Å². The monoisotopic (exact) mass is 300 g/mol. The largest absolute Gasteiger partial charge is 0.495 e. The molecule has 0 atom stereocenters. The summed E-state index contributed by atoms with van der Waals surface area (Å²) in [7, 11) is 1.43. The lowest BCUT2D eigenvalue weighted by Gasteiger charge is -2.36. The van der Waals surface area contributed by atoms with E-state index < -0.39 is 17.2 Å². The van der Waals surface area contributed by atoms with Crippen LogP contribution < -0.4 is 4.74 Å². The van der Waals surface area contributed by atoms with Crippen LogP contribution >= 0.6 is 11.6 Å². The van der Waals surface area contributed by atoms with Crippen molar-refractivity contribution in [2.24, 2.45) is 0 Å². The molecule has 5 heteroatoms. The third-order valence-electron chi connectivity index (χ3n) is 4.23. The smallest absolute Gasteiger partial charge is 0.314 e. The number of benzene rings is 1. The predicted molar refractivity (Wildman–Crippen MR) is 75.1 cm³/mol. The summed E-state index contributed by atoms with van der Waals surface area (Å²) in [6.07, 6.45) is 3.59. The van der Waals surface area contributed by atoms with Crippen molar-refractivity contribution < 1.29 is 19.0 Å². The van der Waals surface area contributed by atoms with E-state index in [1.54, 1.807) is 6.92 Å². The second kappa shape index (κ2) is 5.60. The van der Waals surface area contributed by atoms with E-state index in [1.165, 1.54) is 13.2 Å². The molecule has 20 heavy (non-hydrogen) atoms. The third kappa shape index (κ3) is 2.26. The lowest BCUT2D eigenvalue weighted by Crippen LogP contribution is -2.39. The normalized spacial score (nSPS) is 17.8. The summed E-state index contributed by atoms with van der Waals surface area (Å²) in [6.45, 7) is 1.59. The fourth-order valence-electron chi connectivity index (χ4n) is 3.20. The number of carbonyl (C=O) groups is 1. The van der Waals surface area contributed by atoms with Gasteiger partial charge in [-0.1, -0.05) is 30.9 Å². The topological polar surface area (TPSA) is 46.5 Å². The van der Waals surface area contributed by atoms with Crippen molar-refractivity contribution in [1.29, 1.82) is 0 Å². The molecule has 0 radical (unpaired) electrons. The Morgan fingerprint density at radius 3 is 2.50 bits per heavy atom. The van der Waals surface area contributed by atoms with Crippen LogP contribution in [0.25, 0.3) is 0 Å². The summed E-state index contributed by atoms with van der Waals surface area (Å²) in [4.78, 5) is 11.9. The first-order chi connectivity index (χ1) is 9.44. The van der Waals surface area contributed by atoms with Crippen molar-refractivity contribution >= 4 is 17.6 Å². The minimum Gasteiger partial charge on any atom is -0.495 e. The van der Waals surface area contributed by atoms with Crippen molar-refractivity contribution in [2.75, 3.05) is 7.11 Å². The molecular weight excluding hydrogens is 283 g/mol. The highest BCUT2D eigenvalue weighted by atomic mass is 35.5. The maximum absolute atomic E-state index is 14.0. The molecule has 0 aromatic heterocycles. The number of hydrogen-bond acceptors (Lipinski definition) is 2. The van der Waals surface area contributed by atoms with Gasteiger partial charge in [-0.2, -0.15) is 0 Å². The molecule has 1 aromatic carbocycles. The van der Waals surface area contributed by atoms with Gasteiger partial charge in [-0.05, 0) is 31.4 Å². The molecule has 3 nitrogen and oxygen atoms in total. The van der Waals surface area contributed by atoms with Gasteiger partial charge in [0.1, 0.15) is 11.6 Å². The quantitative estimate of drug-likeness (QED) is 0.915. The average Bonchev–Trinajstić information content (AvgIpc) is 2.43. The van der Waals surface area contributed by atoms with Gasteiger partial charge in [0.15, 0.2) is 0 Å². The van der Waals surface area contributed by atoms with Crippen molar-refractivity contribution in [3.8, 4) is 5.75 Å². The van der Waals surface area contributed by atoms with Crippen LogP contribution in [-0.2, 0) is 10.2 Å². The van der Waals surface area contributed by atoms with Crippen LogP contribution in [0.5, 0.6) is 5.75 Å². The first-order valence-corrected chi connectivity index (χ1v) is 7.08. The van der Waals surface area contributed by atoms with Crippen molar-refractivity contribution in [3.63, 3.8) is 0 Å². The minimum atomic E-state index is -1.10. The summed E-state index contributed by atoms with van der Waals surface area (Å²) < 4.78 is 19.3. The molecule has 1 aliphatic rings. The van der Waals surface area contributed by atoms with Gasteiger partial charge >= 0.3 is 5.97 Å². The van der Waals surface area contributed by atoms with Gasteiger partial charge in [-0.15, -0.1) is 0 Å². The van der Waals surface area contributed by atoms with Gasteiger partial charge in [0.2, 0.25) is 0 Å². The van der Waals surface area contributed by atoms with Gasteiger partial charge in [-0.3, -0.25) is 4.79 Å². The molecule has 0 amide bonds. The number of rotatable bonds is 3. The van der Waals surface area contributed by atoms with E-state index >= 15 is 0 Å². The summed E-state index contributed by atoms with van der Waals surface area (Å²) in [6, 6.07) is 1.18. The molecule has 1 N–H and O–H groups in total. The zero-order valence-corrected chi connectivity index (χ0v) is 12.4. The van der Waals surface area contributed by atoms with Gasteiger partial charge in [0, 0.05) is 5.56 Å². The predicted octanol–water partition coefficient (Wildman–Crippen LogP) is 4.08. The number of aliphatic carboxylic acids is 1. The van der Waals surface area contributed by atoms with E-state index in [0.717, 1.165) is 19.3 Å². The van der Waals surface area contributed by atoms with Crippen LogP contribution in [0, 0.1) is 12.7 Å². The van der Waals surface area contributed by atoms with Gasteiger partial charge in [0.05, 0.1) is 17.5 Å². The molecule has 2 rings (SSSR count). The maximum Gasteiger partial charge on any atom is 0.314 e. The van der Waals surface area contributed by atoms with Gasteiger partial charge in [0.25, 0.3) is 0 Å². The number of halogens is 2. The molecule has 0 unspecified atom stereocenters. The molecule has 1 aromatic rings. The Labute approximate surface area is 122 Å². The first-order valence-electron chi connectivity index (χ1n) is 6.70. The van der Waals surface area contributed by atoms with E-state index in [1.807, 2.05) is 0 Å². The van der Waals surface area contributed by atoms with E-state index in [4.69, 9.17) is 16.3 Å². The van der Waals surface area contributed by atoms with Crippen LogP contribution in [-0.4, -0.2) is 18.2 Å². The van der Waals surface area contributed by atoms with Crippen molar-refractivity contribution in [2.45, 2.75) is 44.4 Å². The Balaban J connectivity index is 2.73. The third-order valence-corrected chi connectivity index (χ3v) is 4.51. The number of carboxylic acid groups (broad SMARTS) is 1. The fourth-order valence-corrected chi connectivity index (χ4v) is 3.46. The molecule has 110 valence electrons. The Morgan fingerprint density at radius 1 is 1.40 bits per heavy atom. The molecule has 0 heterocycles. The number of methoxy groups -OCH3 is 1. The van der Waals surface area contributed by atoms with E-state index in [0.29, 0.717) is 24.0 Å².